The first-order valence-corrected chi connectivity index (χ1v) is 6.44. The Morgan fingerprint density at radius 1 is 1.47 bits per heavy atom. The molecule has 0 saturated carbocycles. The minimum absolute atomic E-state index is 0.0175. The average molecular weight is 271 g/mol. The second-order valence-electron chi connectivity index (χ2n) is 4.93. The highest BCUT2D eigenvalue weighted by molar-refractivity contribution is 5.88. The minimum atomic E-state index is -1.15. The maximum absolute atomic E-state index is 12.2. The zero-order valence-electron chi connectivity index (χ0n) is 11.1. The van der Waals surface area contributed by atoms with Gasteiger partial charge in [-0.3, -0.25) is 9.59 Å². The Bertz CT molecular complexity index is 364. The molecule has 0 radical (unpaired) electrons. The number of carbonyl (C=O) groups is 3. The minimum Gasteiger partial charge on any atom is -0.480 e. The van der Waals surface area contributed by atoms with E-state index in [2.05, 4.69) is 10.6 Å². The maximum Gasteiger partial charge on any atom is 0.326 e. The first-order valence-electron chi connectivity index (χ1n) is 6.44. The zero-order valence-corrected chi connectivity index (χ0v) is 11.1. The summed E-state index contributed by atoms with van der Waals surface area (Å²) in [6.45, 7) is 3.21. The molecule has 1 fully saturated rings. The number of carboxylic acid groups (broad SMARTS) is 1. The van der Waals surface area contributed by atoms with E-state index >= 15 is 0 Å². The molecular weight excluding hydrogens is 250 g/mol. The van der Waals surface area contributed by atoms with E-state index in [9.17, 15) is 14.4 Å². The number of hydrogen-bond donors (Lipinski definition) is 4. The third kappa shape index (κ3) is 3.92. The van der Waals surface area contributed by atoms with Gasteiger partial charge in [0.2, 0.25) is 11.8 Å². The van der Waals surface area contributed by atoms with Crippen LogP contribution in [0.25, 0.3) is 0 Å². The van der Waals surface area contributed by atoms with Crippen LogP contribution in [0.5, 0.6) is 0 Å². The largest absolute Gasteiger partial charge is 0.480 e. The van der Waals surface area contributed by atoms with Crippen molar-refractivity contribution >= 4 is 17.8 Å². The van der Waals surface area contributed by atoms with Crippen molar-refractivity contribution in [2.75, 3.05) is 13.1 Å². The molecule has 0 spiro atoms. The van der Waals surface area contributed by atoms with Crippen molar-refractivity contribution in [2.24, 2.45) is 11.1 Å². The molecule has 1 saturated heterocycles. The Morgan fingerprint density at radius 2 is 2.16 bits per heavy atom. The fourth-order valence-corrected chi connectivity index (χ4v) is 2.26. The summed E-state index contributed by atoms with van der Waals surface area (Å²) in [5, 5.41) is 14.7. The van der Waals surface area contributed by atoms with Crippen LogP contribution in [0.1, 0.15) is 32.6 Å². The number of amides is 2. The molecule has 1 aliphatic rings. The lowest BCUT2D eigenvalue weighted by Crippen LogP contribution is -2.49. The van der Waals surface area contributed by atoms with Crippen LogP contribution in [-0.2, 0) is 14.4 Å². The van der Waals surface area contributed by atoms with E-state index in [0.717, 1.165) is 6.54 Å². The average Bonchev–Trinajstić information content (AvgIpc) is 2.83. The van der Waals surface area contributed by atoms with Crippen molar-refractivity contribution in [2.45, 2.75) is 38.6 Å². The van der Waals surface area contributed by atoms with Crippen molar-refractivity contribution in [3.8, 4) is 0 Å². The van der Waals surface area contributed by atoms with Gasteiger partial charge < -0.3 is 21.5 Å². The Balaban J connectivity index is 2.65. The van der Waals surface area contributed by atoms with E-state index in [4.69, 9.17) is 10.8 Å². The fraction of sp³-hybridized carbons (Fsp3) is 0.750. The Labute approximate surface area is 111 Å². The van der Waals surface area contributed by atoms with Crippen molar-refractivity contribution in [3.63, 3.8) is 0 Å². The molecule has 0 aromatic heterocycles. The van der Waals surface area contributed by atoms with Crippen LogP contribution in [0.4, 0.5) is 0 Å². The molecule has 2 atom stereocenters. The predicted molar refractivity (Wildman–Crippen MR) is 68.2 cm³/mol. The summed E-state index contributed by atoms with van der Waals surface area (Å²) >= 11 is 0. The molecule has 0 aromatic carbocycles. The molecule has 7 heteroatoms. The van der Waals surface area contributed by atoms with Crippen molar-refractivity contribution in [3.05, 3.63) is 0 Å². The van der Waals surface area contributed by atoms with Gasteiger partial charge in [-0.05, 0) is 25.8 Å². The molecule has 5 N–H and O–H groups in total. The number of primary amides is 1. The number of carbonyl (C=O) groups excluding carboxylic acids is 2. The van der Waals surface area contributed by atoms with Gasteiger partial charge in [-0.15, -0.1) is 0 Å². The van der Waals surface area contributed by atoms with E-state index in [1.54, 1.807) is 0 Å². The maximum atomic E-state index is 12.2. The highest BCUT2D eigenvalue weighted by Gasteiger charge is 2.40. The molecule has 1 unspecified atom stereocenters. The van der Waals surface area contributed by atoms with E-state index in [0.29, 0.717) is 19.4 Å². The highest BCUT2D eigenvalue weighted by Crippen LogP contribution is 2.29. The van der Waals surface area contributed by atoms with E-state index in [1.165, 1.54) is 0 Å². The van der Waals surface area contributed by atoms with Gasteiger partial charge in [-0.2, -0.15) is 0 Å². The lowest BCUT2D eigenvalue weighted by Gasteiger charge is -2.27. The predicted octanol–water partition coefficient (Wildman–Crippen LogP) is -0.789. The van der Waals surface area contributed by atoms with Crippen molar-refractivity contribution in [1.82, 2.24) is 10.6 Å². The normalized spacial score (nSPS) is 23.8. The van der Waals surface area contributed by atoms with Crippen LogP contribution in [-0.4, -0.2) is 42.0 Å². The Morgan fingerprint density at radius 3 is 2.58 bits per heavy atom. The number of carboxylic acids is 1. The summed E-state index contributed by atoms with van der Waals surface area (Å²) < 4.78 is 0. The van der Waals surface area contributed by atoms with Crippen LogP contribution < -0.4 is 16.4 Å². The van der Waals surface area contributed by atoms with Crippen molar-refractivity contribution in [1.29, 1.82) is 0 Å². The summed E-state index contributed by atoms with van der Waals surface area (Å²) in [5.74, 6) is -1.99. The molecule has 7 nitrogen and oxygen atoms in total. The number of rotatable bonds is 7. The third-order valence-electron chi connectivity index (χ3n) is 3.68. The van der Waals surface area contributed by atoms with E-state index in [1.807, 2.05) is 6.92 Å². The van der Waals surface area contributed by atoms with Gasteiger partial charge in [0.15, 0.2) is 0 Å². The standard InChI is InChI=1S/C12H21N3O4/c1-2-12(5-6-14-7-12)11(19)15-8(10(17)18)3-4-9(13)16/h8,14H,2-7H2,1H3,(H2,13,16)(H,15,19)(H,17,18)/t8-,12?/m1/s1. The first-order chi connectivity index (χ1) is 8.91. The van der Waals surface area contributed by atoms with Crippen LogP contribution in [0.15, 0.2) is 0 Å². The van der Waals surface area contributed by atoms with Gasteiger partial charge in [0.05, 0.1) is 5.41 Å². The van der Waals surface area contributed by atoms with Crippen LogP contribution in [0.3, 0.4) is 0 Å². The summed E-state index contributed by atoms with van der Waals surface area (Å²) in [4.78, 5) is 34.0. The first kappa shape index (κ1) is 15.4. The zero-order chi connectivity index (χ0) is 14.5. The number of nitrogens with two attached hydrogens (primary N) is 1. The smallest absolute Gasteiger partial charge is 0.326 e. The topological polar surface area (TPSA) is 122 Å². The van der Waals surface area contributed by atoms with Crippen LogP contribution in [0, 0.1) is 5.41 Å². The Kier molecular flexibility index (Phi) is 5.29. The lowest BCUT2D eigenvalue weighted by atomic mass is 9.83. The molecule has 2 amide bonds. The second kappa shape index (κ2) is 6.51. The summed E-state index contributed by atoms with van der Waals surface area (Å²) in [7, 11) is 0. The summed E-state index contributed by atoms with van der Waals surface area (Å²) in [6, 6.07) is -1.07. The highest BCUT2D eigenvalue weighted by atomic mass is 16.4. The molecule has 0 aliphatic carbocycles. The molecule has 1 heterocycles. The van der Waals surface area contributed by atoms with Gasteiger partial charge in [0, 0.05) is 13.0 Å². The van der Waals surface area contributed by atoms with Crippen LogP contribution in [0.2, 0.25) is 0 Å². The summed E-state index contributed by atoms with van der Waals surface area (Å²) in [5.41, 5.74) is 4.45. The monoisotopic (exact) mass is 271 g/mol. The number of aliphatic carboxylic acids is 1. The van der Waals surface area contributed by atoms with Gasteiger partial charge in [-0.25, -0.2) is 4.79 Å². The van der Waals surface area contributed by atoms with Gasteiger partial charge in [-0.1, -0.05) is 6.92 Å². The number of hydrogen-bond acceptors (Lipinski definition) is 4. The van der Waals surface area contributed by atoms with Gasteiger partial charge in [0.1, 0.15) is 6.04 Å². The van der Waals surface area contributed by atoms with Gasteiger partial charge in [0.25, 0.3) is 0 Å². The lowest BCUT2D eigenvalue weighted by molar-refractivity contribution is -0.144. The SMILES string of the molecule is CCC1(C(=O)N[C@H](CCC(N)=O)C(=O)O)CCNC1. The molecule has 1 rings (SSSR count). The Hall–Kier alpha value is -1.63. The number of nitrogens with one attached hydrogen (secondary N) is 2. The molecule has 108 valence electrons. The second-order valence-corrected chi connectivity index (χ2v) is 4.93. The molecular formula is C12H21N3O4. The molecule has 19 heavy (non-hydrogen) atoms. The molecule has 1 aliphatic heterocycles. The third-order valence-corrected chi connectivity index (χ3v) is 3.68. The van der Waals surface area contributed by atoms with Gasteiger partial charge >= 0.3 is 5.97 Å². The summed E-state index contributed by atoms with van der Waals surface area (Å²) in [6.07, 6.45) is 1.30. The quantitative estimate of drug-likeness (QED) is 0.483. The van der Waals surface area contributed by atoms with E-state index < -0.39 is 23.3 Å². The van der Waals surface area contributed by atoms with Crippen molar-refractivity contribution < 1.29 is 19.5 Å². The van der Waals surface area contributed by atoms with Crippen LogP contribution >= 0.6 is 0 Å². The molecule has 0 aromatic rings. The fourth-order valence-electron chi connectivity index (χ4n) is 2.26. The van der Waals surface area contributed by atoms with E-state index in [-0.39, 0.29) is 18.7 Å². The molecule has 0 bridgehead atoms.